The quantitative estimate of drug-likeness (QED) is 0.663. The predicted octanol–water partition coefficient (Wildman–Crippen LogP) is 3.25. The Morgan fingerprint density at radius 2 is 2.27 bits per heavy atom. The summed E-state index contributed by atoms with van der Waals surface area (Å²) in [6.45, 7) is 0.833. The van der Waals surface area contributed by atoms with Crippen LogP contribution in [0.15, 0.2) is 12.1 Å². The molecule has 0 aliphatic carbocycles. The number of anilines is 1. The minimum Gasteiger partial charge on any atom is -0.396 e. The second-order valence-electron chi connectivity index (χ2n) is 5.40. The van der Waals surface area contributed by atoms with Crippen LogP contribution in [0.25, 0.3) is 0 Å². The summed E-state index contributed by atoms with van der Waals surface area (Å²) in [4.78, 5) is 12.9. The Morgan fingerprint density at radius 3 is 2.91 bits per heavy atom. The molecule has 1 fully saturated rings. The molecular formula is C15H18ClN3O3. The number of aliphatic hydroxyl groups excluding tert-OH is 1. The molecule has 1 N–H and O–H groups in total. The van der Waals surface area contributed by atoms with Crippen LogP contribution in [0.2, 0.25) is 5.02 Å². The number of nitriles is 1. The third kappa shape index (κ3) is 3.49. The summed E-state index contributed by atoms with van der Waals surface area (Å²) in [5.74, 6) is 0. The molecule has 0 amide bonds. The number of nitro groups is 1. The molecule has 1 aliphatic rings. The average molecular weight is 324 g/mol. The van der Waals surface area contributed by atoms with E-state index in [1.165, 1.54) is 12.1 Å². The molecule has 0 radical (unpaired) electrons. The Bertz CT molecular complexity index is 600. The number of nitro benzene ring substituents is 1. The second-order valence-corrected chi connectivity index (χ2v) is 5.81. The fraction of sp³-hybridized carbons (Fsp3) is 0.533. The molecule has 1 atom stereocenters. The molecule has 7 heteroatoms. The van der Waals surface area contributed by atoms with E-state index in [2.05, 4.69) is 0 Å². The van der Waals surface area contributed by atoms with Gasteiger partial charge in [-0.1, -0.05) is 11.6 Å². The average Bonchev–Trinajstić information content (AvgIpc) is 2.52. The van der Waals surface area contributed by atoms with Gasteiger partial charge in [0.2, 0.25) is 0 Å². The molecule has 0 aromatic heterocycles. The molecular weight excluding hydrogens is 306 g/mol. The van der Waals surface area contributed by atoms with E-state index >= 15 is 0 Å². The lowest BCUT2D eigenvalue weighted by molar-refractivity contribution is -0.384. The largest absolute Gasteiger partial charge is 0.396 e. The molecule has 1 aliphatic heterocycles. The smallest absolute Gasteiger partial charge is 0.293 e. The molecule has 1 aromatic carbocycles. The molecule has 22 heavy (non-hydrogen) atoms. The number of nitrogens with zero attached hydrogens (tertiary/aromatic N) is 3. The zero-order valence-electron chi connectivity index (χ0n) is 12.2. The van der Waals surface area contributed by atoms with Gasteiger partial charge in [-0.2, -0.15) is 5.26 Å². The van der Waals surface area contributed by atoms with E-state index in [-0.39, 0.29) is 28.9 Å². The van der Waals surface area contributed by atoms with E-state index in [0.717, 1.165) is 32.2 Å². The van der Waals surface area contributed by atoms with E-state index in [9.17, 15) is 10.1 Å². The van der Waals surface area contributed by atoms with Crippen LogP contribution in [0.1, 0.15) is 37.7 Å². The van der Waals surface area contributed by atoms with Crippen LogP contribution >= 0.6 is 11.6 Å². The van der Waals surface area contributed by atoms with Crippen molar-refractivity contribution < 1.29 is 10.0 Å². The van der Waals surface area contributed by atoms with Gasteiger partial charge in [-0.3, -0.25) is 10.1 Å². The van der Waals surface area contributed by atoms with Crippen molar-refractivity contribution in [2.45, 2.75) is 38.1 Å². The fourth-order valence-corrected chi connectivity index (χ4v) is 3.16. The number of hydrogen-bond acceptors (Lipinski definition) is 5. The highest BCUT2D eigenvalue weighted by molar-refractivity contribution is 6.32. The summed E-state index contributed by atoms with van der Waals surface area (Å²) in [5.41, 5.74) is 0.495. The van der Waals surface area contributed by atoms with Crippen LogP contribution in [0, 0.1) is 21.4 Å². The molecule has 1 heterocycles. The summed E-state index contributed by atoms with van der Waals surface area (Å²) >= 11 is 6.07. The molecule has 1 saturated heterocycles. The van der Waals surface area contributed by atoms with Gasteiger partial charge < -0.3 is 10.0 Å². The number of rotatable bonds is 5. The Labute approximate surface area is 134 Å². The lowest BCUT2D eigenvalue weighted by Gasteiger charge is -2.37. The van der Waals surface area contributed by atoms with Gasteiger partial charge in [0.05, 0.1) is 15.5 Å². The first kappa shape index (κ1) is 16.5. The van der Waals surface area contributed by atoms with Gasteiger partial charge >= 0.3 is 0 Å². The predicted molar refractivity (Wildman–Crippen MR) is 84.1 cm³/mol. The van der Waals surface area contributed by atoms with E-state index in [1.54, 1.807) is 0 Å². The molecule has 0 bridgehead atoms. The van der Waals surface area contributed by atoms with Crippen LogP contribution in [-0.4, -0.2) is 29.2 Å². The van der Waals surface area contributed by atoms with E-state index < -0.39 is 4.92 Å². The van der Waals surface area contributed by atoms with E-state index in [0.29, 0.717) is 12.1 Å². The zero-order valence-corrected chi connectivity index (χ0v) is 12.9. The van der Waals surface area contributed by atoms with Crippen LogP contribution in [-0.2, 0) is 0 Å². The summed E-state index contributed by atoms with van der Waals surface area (Å²) < 4.78 is 0. The molecule has 1 aromatic rings. The normalized spacial score (nSPS) is 18.0. The van der Waals surface area contributed by atoms with Crippen molar-refractivity contribution in [3.8, 4) is 6.07 Å². The minimum atomic E-state index is -0.468. The second kappa shape index (κ2) is 7.43. The molecule has 6 nitrogen and oxygen atoms in total. The Kier molecular flexibility index (Phi) is 5.58. The zero-order chi connectivity index (χ0) is 16.1. The van der Waals surface area contributed by atoms with Crippen LogP contribution in [0.4, 0.5) is 11.4 Å². The van der Waals surface area contributed by atoms with Gasteiger partial charge in [0.25, 0.3) is 5.69 Å². The van der Waals surface area contributed by atoms with Gasteiger partial charge in [0, 0.05) is 25.3 Å². The first-order chi connectivity index (χ1) is 10.6. The monoisotopic (exact) mass is 323 g/mol. The molecule has 118 valence electrons. The number of hydrogen-bond donors (Lipinski definition) is 1. The van der Waals surface area contributed by atoms with Gasteiger partial charge in [0.1, 0.15) is 11.8 Å². The first-order valence-corrected chi connectivity index (χ1v) is 7.71. The van der Waals surface area contributed by atoms with Crippen LogP contribution in [0.5, 0.6) is 0 Å². The number of piperidine rings is 1. The van der Waals surface area contributed by atoms with Crippen LogP contribution in [0.3, 0.4) is 0 Å². The maximum Gasteiger partial charge on any atom is 0.293 e. The van der Waals surface area contributed by atoms with E-state index in [4.69, 9.17) is 22.0 Å². The van der Waals surface area contributed by atoms with Gasteiger partial charge in [0.15, 0.2) is 0 Å². The van der Waals surface area contributed by atoms with Crippen molar-refractivity contribution in [2.24, 2.45) is 0 Å². The van der Waals surface area contributed by atoms with Gasteiger partial charge in [-0.15, -0.1) is 0 Å². The third-order valence-electron chi connectivity index (χ3n) is 4.01. The Hall–Kier alpha value is -1.84. The molecule has 0 unspecified atom stereocenters. The van der Waals surface area contributed by atoms with E-state index in [1.807, 2.05) is 11.0 Å². The van der Waals surface area contributed by atoms with Crippen molar-refractivity contribution in [3.05, 3.63) is 32.8 Å². The van der Waals surface area contributed by atoms with Crippen molar-refractivity contribution >= 4 is 23.0 Å². The number of benzene rings is 1. The highest BCUT2D eigenvalue weighted by Gasteiger charge is 2.29. The van der Waals surface area contributed by atoms with Crippen LogP contribution < -0.4 is 4.90 Å². The maximum atomic E-state index is 11.4. The molecule has 0 saturated carbocycles. The number of halogens is 1. The first-order valence-electron chi connectivity index (χ1n) is 7.34. The van der Waals surface area contributed by atoms with Crippen molar-refractivity contribution in [2.75, 3.05) is 18.1 Å². The topological polar surface area (TPSA) is 90.4 Å². The lowest BCUT2D eigenvalue weighted by atomic mass is 9.96. The number of aliphatic hydroxyl groups is 1. The van der Waals surface area contributed by atoms with Crippen molar-refractivity contribution in [3.63, 3.8) is 0 Å². The van der Waals surface area contributed by atoms with Crippen molar-refractivity contribution in [1.29, 1.82) is 5.26 Å². The third-order valence-corrected chi connectivity index (χ3v) is 4.33. The molecule has 2 rings (SSSR count). The maximum absolute atomic E-state index is 11.4. The summed E-state index contributed by atoms with van der Waals surface area (Å²) in [6, 6.07) is 4.80. The van der Waals surface area contributed by atoms with Gasteiger partial charge in [-0.25, -0.2) is 0 Å². The summed E-state index contributed by atoms with van der Waals surface area (Å²) in [5, 5.41) is 29.6. The summed E-state index contributed by atoms with van der Waals surface area (Å²) in [6.07, 6.45) is 4.42. The molecule has 0 spiro atoms. The van der Waals surface area contributed by atoms with Crippen molar-refractivity contribution in [1.82, 2.24) is 0 Å². The standard InChI is InChI=1S/C15H18ClN3O3/c16-13-9-14(15(19(21)22)8-11(13)10-17)18-6-2-1-4-12(18)5-3-7-20/h8-9,12,20H,1-7H2/t12-/m1/s1. The fourth-order valence-electron chi connectivity index (χ4n) is 2.96. The Morgan fingerprint density at radius 1 is 1.50 bits per heavy atom. The van der Waals surface area contributed by atoms with Gasteiger partial charge in [-0.05, 0) is 38.2 Å². The Balaban J connectivity index is 2.42. The minimum absolute atomic E-state index is 0.0863. The SMILES string of the molecule is N#Cc1cc([N+](=O)[O-])c(N2CCCC[C@@H]2CCCO)cc1Cl. The highest BCUT2D eigenvalue weighted by atomic mass is 35.5. The lowest BCUT2D eigenvalue weighted by Crippen LogP contribution is -2.40. The highest BCUT2D eigenvalue weighted by Crippen LogP contribution is 2.37. The summed E-state index contributed by atoms with van der Waals surface area (Å²) in [7, 11) is 0.